The summed E-state index contributed by atoms with van der Waals surface area (Å²) in [5.74, 6) is -0.543. The van der Waals surface area contributed by atoms with E-state index in [-0.39, 0.29) is 18.0 Å². The van der Waals surface area contributed by atoms with E-state index in [0.29, 0.717) is 13.1 Å². The normalized spacial score (nSPS) is 11.5. The van der Waals surface area contributed by atoms with Crippen LogP contribution in [-0.4, -0.2) is 29.9 Å². The number of hydrogen-bond donors (Lipinski definition) is 1. The highest BCUT2D eigenvalue weighted by Crippen LogP contribution is 2.14. The number of hydrogen-bond acceptors (Lipinski definition) is 3. The topological polar surface area (TPSA) is 56.1 Å². The Labute approximate surface area is 112 Å². The maximum Gasteiger partial charge on any atom is 0.225 e. The van der Waals surface area contributed by atoms with E-state index >= 15 is 0 Å². The van der Waals surface area contributed by atoms with Crippen LogP contribution in [0, 0.1) is 17.1 Å². The summed E-state index contributed by atoms with van der Waals surface area (Å²) >= 11 is 0. The van der Waals surface area contributed by atoms with E-state index in [0.717, 1.165) is 0 Å². The number of amides is 1. The minimum Gasteiger partial charge on any atom is -0.367 e. The summed E-state index contributed by atoms with van der Waals surface area (Å²) in [5.41, 5.74) is 0.237. The molecule has 102 valence electrons. The van der Waals surface area contributed by atoms with Crippen molar-refractivity contribution < 1.29 is 9.18 Å². The van der Waals surface area contributed by atoms with Crippen LogP contribution >= 0.6 is 0 Å². The van der Waals surface area contributed by atoms with Gasteiger partial charge in [0.15, 0.2) is 0 Å². The monoisotopic (exact) mass is 263 g/mol. The molecular formula is C14H18FN3O. The third-order valence-electron chi connectivity index (χ3n) is 2.85. The number of nitrogens with one attached hydrogen (secondary N) is 1. The number of carbonyl (C=O) groups excluding carboxylic acids is 1. The van der Waals surface area contributed by atoms with Crippen LogP contribution in [0.1, 0.15) is 20.3 Å². The number of nitriles is 1. The van der Waals surface area contributed by atoms with Gasteiger partial charge in [0.05, 0.1) is 18.2 Å². The Morgan fingerprint density at radius 3 is 2.58 bits per heavy atom. The molecule has 19 heavy (non-hydrogen) atoms. The van der Waals surface area contributed by atoms with Crippen LogP contribution in [0.2, 0.25) is 0 Å². The summed E-state index contributed by atoms with van der Waals surface area (Å²) in [6.07, 6.45) is 0.0342. The fraction of sp³-hybridized carbons (Fsp3) is 0.429. The zero-order valence-electron chi connectivity index (χ0n) is 11.2. The van der Waals surface area contributed by atoms with Gasteiger partial charge in [-0.3, -0.25) is 4.79 Å². The first-order chi connectivity index (χ1) is 9.12. The second-order valence-corrected chi connectivity index (χ2v) is 4.08. The van der Waals surface area contributed by atoms with Gasteiger partial charge in [-0.15, -0.1) is 0 Å². The number of halogens is 1. The smallest absolute Gasteiger partial charge is 0.225 e. The molecule has 0 aliphatic heterocycles. The highest BCUT2D eigenvalue weighted by atomic mass is 19.1. The number of benzene rings is 1. The van der Waals surface area contributed by atoms with Gasteiger partial charge in [-0.1, -0.05) is 12.1 Å². The second kappa shape index (κ2) is 7.37. The first-order valence-corrected chi connectivity index (χ1v) is 6.30. The van der Waals surface area contributed by atoms with E-state index in [9.17, 15) is 9.18 Å². The fourth-order valence-corrected chi connectivity index (χ4v) is 1.77. The van der Waals surface area contributed by atoms with Crippen LogP contribution in [0.4, 0.5) is 10.1 Å². The lowest BCUT2D eigenvalue weighted by molar-refractivity contribution is -0.130. The predicted molar refractivity (Wildman–Crippen MR) is 72.0 cm³/mol. The third-order valence-corrected chi connectivity index (χ3v) is 2.85. The molecule has 1 aromatic rings. The number of carbonyl (C=O) groups is 1. The average molecular weight is 263 g/mol. The zero-order chi connectivity index (χ0) is 14.3. The molecule has 0 aliphatic rings. The van der Waals surface area contributed by atoms with Crippen molar-refractivity contribution >= 4 is 11.6 Å². The van der Waals surface area contributed by atoms with Gasteiger partial charge in [-0.2, -0.15) is 5.26 Å². The Bertz CT molecular complexity index is 466. The molecule has 1 atom stereocenters. The van der Waals surface area contributed by atoms with Crippen molar-refractivity contribution in [3.8, 4) is 6.07 Å². The van der Waals surface area contributed by atoms with Crippen molar-refractivity contribution in [2.75, 3.05) is 18.4 Å². The molecule has 4 nitrogen and oxygen atoms in total. The maximum atomic E-state index is 13.4. The molecule has 0 radical (unpaired) electrons. The molecule has 0 aromatic heterocycles. The highest BCUT2D eigenvalue weighted by Gasteiger charge is 2.17. The number of para-hydroxylation sites is 1. The van der Waals surface area contributed by atoms with Gasteiger partial charge >= 0.3 is 0 Å². The van der Waals surface area contributed by atoms with E-state index in [2.05, 4.69) is 5.32 Å². The Balaban J connectivity index is 2.68. The van der Waals surface area contributed by atoms with E-state index in [1.165, 1.54) is 6.07 Å². The quantitative estimate of drug-likeness (QED) is 0.857. The van der Waals surface area contributed by atoms with Crippen molar-refractivity contribution in [1.29, 1.82) is 5.26 Å². The zero-order valence-corrected chi connectivity index (χ0v) is 11.2. The number of anilines is 1. The minimum atomic E-state index is -0.731. The fourth-order valence-electron chi connectivity index (χ4n) is 1.77. The Kier molecular flexibility index (Phi) is 5.80. The van der Waals surface area contributed by atoms with Crippen molar-refractivity contribution in [2.45, 2.75) is 26.3 Å². The molecule has 1 aromatic carbocycles. The number of rotatable bonds is 6. The summed E-state index contributed by atoms with van der Waals surface area (Å²) in [6.45, 7) is 4.97. The molecule has 1 rings (SSSR count). The van der Waals surface area contributed by atoms with Crippen molar-refractivity contribution in [3.63, 3.8) is 0 Å². The van der Waals surface area contributed by atoms with Crippen LogP contribution in [0.15, 0.2) is 24.3 Å². The largest absolute Gasteiger partial charge is 0.367 e. The second-order valence-electron chi connectivity index (χ2n) is 4.08. The van der Waals surface area contributed by atoms with Crippen LogP contribution in [0.3, 0.4) is 0 Å². The van der Waals surface area contributed by atoms with E-state index in [1.807, 2.05) is 19.9 Å². The molecule has 5 heteroatoms. The van der Waals surface area contributed by atoms with Crippen LogP contribution < -0.4 is 5.32 Å². The molecule has 0 fully saturated rings. The Morgan fingerprint density at radius 1 is 1.42 bits per heavy atom. The lowest BCUT2D eigenvalue weighted by Crippen LogP contribution is -2.34. The standard InChI is InChI=1S/C14H18FN3O/c1-3-18(4-2)14(19)9-11(10-16)17-13-8-6-5-7-12(13)15/h5-8,11,17H,3-4,9H2,1-2H3. The van der Waals surface area contributed by atoms with Crippen molar-refractivity contribution in [1.82, 2.24) is 4.90 Å². The maximum absolute atomic E-state index is 13.4. The van der Waals surface area contributed by atoms with Gasteiger partial charge < -0.3 is 10.2 Å². The van der Waals surface area contributed by atoms with Crippen molar-refractivity contribution in [2.24, 2.45) is 0 Å². The SMILES string of the molecule is CCN(CC)C(=O)CC(C#N)Nc1ccccc1F. The average Bonchev–Trinajstić information content (AvgIpc) is 2.41. The Hall–Kier alpha value is -2.09. The summed E-state index contributed by atoms with van der Waals surface area (Å²) in [7, 11) is 0. The summed E-state index contributed by atoms with van der Waals surface area (Å²) in [6, 6.07) is 7.35. The molecule has 0 bridgehead atoms. The van der Waals surface area contributed by atoms with Gasteiger partial charge in [-0.05, 0) is 26.0 Å². The minimum absolute atomic E-state index is 0.0342. The van der Waals surface area contributed by atoms with Gasteiger partial charge in [0.2, 0.25) is 5.91 Å². The molecule has 0 saturated carbocycles. The molecule has 0 heterocycles. The van der Waals surface area contributed by atoms with Crippen LogP contribution in [-0.2, 0) is 4.79 Å². The molecule has 0 spiro atoms. The lowest BCUT2D eigenvalue weighted by Gasteiger charge is -2.21. The summed E-state index contributed by atoms with van der Waals surface area (Å²) in [5, 5.41) is 11.8. The van der Waals surface area contributed by atoms with Gasteiger partial charge in [-0.25, -0.2) is 4.39 Å². The molecule has 0 aliphatic carbocycles. The van der Waals surface area contributed by atoms with Gasteiger partial charge in [0, 0.05) is 13.1 Å². The van der Waals surface area contributed by atoms with E-state index in [1.54, 1.807) is 23.1 Å². The van der Waals surface area contributed by atoms with Gasteiger partial charge in [0.25, 0.3) is 0 Å². The summed E-state index contributed by atoms with van der Waals surface area (Å²) in [4.78, 5) is 13.5. The van der Waals surface area contributed by atoms with Crippen molar-refractivity contribution in [3.05, 3.63) is 30.1 Å². The molecule has 1 amide bonds. The predicted octanol–water partition coefficient (Wildman–Crippen LogP) is 2.39. The molecule has 0 saturated heterocycles. The third kappa shape index (κ3) is 4.25. The lowest BCUT2D eigenvalue weighted by atomic mass is 10.2. The highest BCUT2D eigenvalue weighted by molar-refractivity contribution is 5.77. The summed E-state index contributed by atoms with van der Waals surface area (Å²) < 4.78 is 13.4. The van der Waals surface area contributed by atoms with E-state index in [4.69, 9.17) is 5.26 Å². The first kappa shape index (κ1) is 15.0. The molecular weight excluding hydrogens is 245 g/mol. The van der Waals surface area contributed by atoms with Crippen LogP contribution in [0.5, 0.6) is 0 Å². The van der Waals surface area contributed by atoms with E-state index < -0.39 is 11.9 Å². The van der Waals surface area contributed by atoms with Crippen LogP contribution in [0.25, 0.3) is 0 Å². The van der Waals surface area contributed by atoms with Gasteiger partial charge in [0.1, 0.15) is 11.9 Å². The Morgan fingerprint density at radius 2 is 2.05 bits per heavy atom. The first-order valence-electron chi connectivity index (χ1n) is 6.30. The molecule has 1 unspecified atom stereocenters. The number of nitrogens with zero attached hydrogens (tertiary/aromatic N) is 2. The molecule has 1 N–H and O–H groups in total.